The molecule has 0 aromatic rings. The number of hydrogen-bond donors (Lipinski definition) is 1. The van der Waals surface area contributed by atoms with Gasteiger partial charge in [0.15, 0.2) is 0 Å². The topological polar surface area (TPSA) is 67.9 Å². The molecule has 1 N–H and O–H groups in total. The van der Waals surface area contributed by atoms with E-state index in [-0.39, 0.29) is 30.2 Å². The molecule has 0 aromatic carbocycles. The minimum atomic E-state index is -0.485. The van der Waals surface area contributed by atoms with E-state index < -0.39 is 5.60 Å². The zero-order valence-electron chi connectivity index (χ0n) is 13.3. The summed E-state index contributed by atoms with van der Waals surface area (Å²) < 4.78 is 10.3. The minimum absolute atomic E-state index is 0.106. The predicted molar refractivity (Wildman–Crippen MR) is 77.9 cm³/mol. The van der Waals surface area contributed by atoms with Crippen LogP contribution in [0.3, 0.4) is 0 Å². The third-order valence-electron chi connectivity index (χ3n) is 4.06. The SMILES string of the molecule is COC(=O)[C@@H]1CC[C@H]2[C@H](CCCN2C(=O)OC(C)(C)C)N1. The largest absolute Gasteiger partial charge is 0.468 e. The number of carbonyl (C=O) groups excluding carboxylic acids is 2. The fraction of sp³-hybridized carbons (Fsp3) is 0.867. The van der Waals surface area contributed by atoms with Gasteiger partial charge in [0, 0.05) is 12.6 Å². The highest BCUT2D eigenvalue weighted by molar-refractivity contribution is 5.76. The first-order valence-corrected chi connectivity index (χ1v) is 7.65. The van der Waals surface area contributed by atoms with Crippen molar-refractivity contribution in [3.8, 4) is 0 Å². The molecule has 2 fully saturated rings. The number of carbonyl (C=O) groups is 2. The average Bonchev–Trinajstić information content (AvgIpc) is 2.43. The molecule has 0 radical (unpaired) electrons. The van der Waals surface area contributed by atoms with E-state index in [4.69, 9.17) is 9.47 Å². The number of likely N-dealkylation sites (tertiary alicyclic amines) is 1. The number of rotatable bonds is 1. The summed E-state index contributed by atoms with van der Waals surface area (Å²) in [5, 5.41) is 3.33. The Kier molecular flexibility index (Phi) is 4.76. The van der Waals surface area contributed by atoms with Gasteiger partial charge in [-0.3, -0.25) is 10.1 Å². The summed E-state index contributed by atoms with van der Waals surface area (Å²) in [4.78, 5) is 25.8. The first kappa shape index (κ1) is 16.1. The number of fused-ring (bicyclic) bond motifs is 1. The van der Waals surface area contributed by atoms with Gasteiger partial charge in [0.25, 0.3) is 0 Å². The lowest BCUT2D eigenvalue weighted by molar-refractivity contribution is -0.144. The lowest BCUT2D eigenvalue weighted by Crippen LogP contribution is -2.62. The van der Waals surface area contributed by atoms with Gasteiger partial charge in [0.05, 0.1) is 13.2 Å². The van der Waals surface area contributed by atoms with Gasteiger partial charge in [0.1, 0.15) is 11.6 Å². The molecule has 2 heterocycles. The molecule has 0 aliphatic carbocycles. The molecule has 2 rings (SSSR count). The summed E-state index contributed by atoms with van der Waals surface area (Å²) in [6.07, 6.45) is 3.12. The zero-order chi connectivity index (χ0) is 15.6. The Bertz CT molecular complexity index is 405. The standard InChI is InChI=1S/C15H26N2O4/c1-15(2,3)21-14(19)17-9-5-6-10-12(17)8-7-11(16-10)13(18)20-4/h10-12,16H,5-9H2,1-4H3/t10-,11-,12-/m0/s1. The molecular formula is C15H26N2O4. The van der Waals surface area contributed by atoms with Crippen LogP contribution in [0.4, 0.5) is 4.79 Å². The molecule has 21 heavy (non-hydrogen) atoms. The van der Waals surface area contributed by atoms with E-state index in [0.717, 1.165) is 25.8 Å². The maximum atomic E-state index is 12.3. The predicted octanol–water partition coefficient (Wildman–Crippen LogP) is 1.68. The second kappa shape index (κ2) is 6.22. The highest BCUT2D eigenvalue weighted by Crippen LogP contribution is 2.28. The second-order valence-electron chi connectivity index (χ2n) is 6.81. The van der Waals surface area contributed by atoms with Crippen molar-refractivity contribution in [2.45, 2.75) is 70.2 Å². The van der Waals surface area contributed by atoms with Crippen molar-refractivity contribution < 1.29 is 19.1 Å². The van der Waals surface area contributed by atoms with Crippen LogP contribution in [0.2, 0.25) is 0 Å². The number of nitrogens with zero attached hydrogens (tertiary/aromatic N) is 1. The Morgan fingerprint density at radius 1 is 1.19 bits per heavy atom. The van der Waals surface area contributed by atoms with Crippen molar-refractivity contribution in [1.29, 1.82) is 0 Å². The van der Waals surface area contributed by atoms with E-state index in [1.54, 1.807) is 0 Å². The number of ether oxygens (including phenoxy) is 2. The van der Waals surface area contributed by atoms with Gasteiger partial charge < -0.3 is 14.4 Å². The second-order valence-corrected chi connectivity index (χ2v) is 6.81. The molecule has 3 atom stereocenters. The first-order valence-electron chi connectivity index (χ1n) is 7.65. The number of hydrogen-bond acceptors (Lipinski definition) is 5. The molecule has 1 amide bonds. The molecule has 120 valence electrons. The Balaban J connectivity index is 2.01. The average molecular weight is 298 g/mol. The number of nitrogens with one attached hydrogen (secondary N) is 1. The molecule has 2 saturated heterocycles. The van der Waals surface area contributed by atoms with E-state index >= 15 is 0 Å². The van der Waals surface area contributed by atoms with Crippen molar-refractivity contribution in [2.75, 3.05) is 13.7 Å². The lowest BCUT2D eigenvalue weighted by atomic mass is 9.87. The van der Waals surface area contributed by atoms with Gasteiger partial charge in [0.2, 0.25) is 0 Å². The summed E-state index contributed by atoms with van der Waals surface area (Å²) >= 11 is 0. The molecule has 6 heteroatoms. The molecule has 6 nitrogen and oxygen atoms in total. The number of esters is 1. The molecule has 0 aromatic heterocycles. The smallest absolute Gasteiger partial charge is 0.410 e. The van der Waals surface area contributed by atoms with Crippen molar-refractivity contribution >= 4 is 12.1 Å². The minimum Gasteiger partial charge on any atom is -0.468 e. The maximum absolute atomic E-state index is 12.3. The monoisotopic (exact) mass is 298 g/mol. The third-order valence-corrected chi connectivity index (χ3v) is 4.06. The Morgan fingerprint density at radius 3 is 2.52 bits per heavy atom. The highest BCUT2D eigenvalue weighted by atomic mass is 16.6. The fourth-order valence-corrected chi connectivity index (χ4v) is 3.16. The van der Waals surface area contributed by atoms with E-state index in [9.17, 15) is 9.59 Å². The van der Waals surface area contributed by atoms with Gasteiger partial charge >= 0.3 is 12.1 Å². The third kappa shape index (κ3) is 3.87. The first-order chi connectivity index (χ1) is 9.81. The zero-order valence-corrected chi connectivity index (χ0v) is 13.3. The van der Waals surface area contributed by atoms with Crippen LogP contribution < -0.4 is 5.32 Å². The van der Waals surface area contributed by atoms with Crippen LogP contribution in [-0.2, 0) is 14.3 Å². The van der Waals surface area contributed by atoms with Crippen molar-refractivity contribution in [1.82, 2.24) is 10.2 Å². The quantitative estimate of drug-likeness (QED) is 0.746. The molecular weight excluding hydrogens is 272 g/mol. The molecule has 0 bridgehead atoms. The summed E-state index contributed by atoms with van der Waals surface area (Å²) in [7, 11) is 1.41. The fourth-order valence-electron chi connectivity index (χ4n) is 3.16. The van der Waals surface area contributed by atoms with Crippen LogP contribution in [0.25, 0.3) is 0 Å². The summed E-state index contributed by atoms with van der Waals surface area (Å²) in [5.74, 6) is -0.220. The molecule has 2 aliphatic heterocycles. The summed E-state index contributed by atoms with van der Waals surface area (Å²) in [6.45, 7) is 6.34. The van der Waals surface area contributed by atoms with Gasteiger partial charge in [-0.05, 0) is 46.5 Å². The molecule has 2 aliphatic rings. The summed E-state index contributed by atoms with van der Waals surface area (Å²) in [6, 6.07) is -0.00605. The number of methoxy groups -OCH3 is 1. The van der Waals surface area contributed by atoms with Crippen LogP contribution in [0, 0.1) is 0 Å². The van der Waals surface area contributed by atoms with Crippen molar-refractivity contribution in [3.63, 3.8) is 0 Å². The normalized spacial score (nSPS) is 29.5. The van der Waals surface area contributed by atoms with Gasteiger partial charge in [-0.25, -0.2) is 4.79 Å². The van der Waals surface area contributed by atoms with E-state index in [1.807, 2.05) is 25.7 Å². The van der Waals surface area contributed by atoms with Gasteiger partial charge in [-0.2, -0.15) is 0 Å². The summed E-state index contributed by atoms with van der Waals surface area (Å²) in [5.41, 5.74) is -0.485. The van der Waals surface area contributed by atoms with Gasteiger partial charge in [-0.1, -0.05) is 0 Å². The number of piperidine rings is 2. The van der Waals surface area contributed by atoms with Gasteiger partial charge in [-0.15, -0.1) is 0 Å². The Labute approximate surface area is 126 Å². The molecule has 0 saturated carbocycles. The van der Waals surface area contributed by atoms with Crippen LogP contribution in [-0.4, -0.2) is 54.3 Å². The van der Waals surface area contributed by atoms with Crippen LogP contribution in [0.15, 0.2) is 0 Å². The van der Waals surface area contributed by atoms with Crippen LogP contribution in [0.5, 0.6) is 0 Å². The Hall–Kier alpha value is -1.30. The highest BCUT2D eigenvalue weighted by Gasteiger charge is 2.41. The van der Waals surface area contributed by atoms with E-state index in [0.29, 0.717) is 6.42 Å². The van der Waals surface area contributed by atoms with E-state index in [2.05, 4.69) is 5.32 Å². The Morgan fingerprint density at radius 2 is 1.90 bits per heavy atom. The van der Waals surface area contributed by atoms with E-state index in [1.165, 1.54) is 7.11 Å². The van der Waals surface area contributed by atoms with Crippen molar-refractivity contribution in [3.05, 3.63) is 0 Å². The van der Waals surface area contributed by atoms with Crippen LogP contribution >= 0.6 is 0 Å². The van der Waals surface area contributed by atoms with Crippen molar-refractivity contribution in [2.24, 2.45) is 0 Å². The molecule has 0 spiro atoms. The lowest BCUT2D eigenvalue weighted by Gasteiger charge is -2.46. The number of amides is 1. The maximum Gasteiger partial charge on any atom is 0.410 e. The van der Waals surface area contributed by atoms with Crippen LogP contribution in [0.1, 0.15) is 46.5 Å². The molecule has 0 unspecified atom stereocenters.